The zero-order chi connectivity index (χ0) is 20.5. The van der Waals surface area contributed by atoms with E-state index in [1.54, 1.807) is 25.3 Å². The van der Waals surface area contributed by atoms with Crippen LogP contribution in [-0.2, 0) is 11.2 Å². The molecule has 0 aliphatic heterocycles. The molecule has 29 heavy (non-hydrogen) atoms. The second-order valence-corrected chi connectivity index (χ2v) is 7.49. The van der Waals surface area contributed by atoms with Crippen LogP contribution in [0.1, 0.15) is 24.2 Å². The van der Waals surface area contributed by atoms with Gasteiger partial charge in [-0.15, -0.1) is 11.3 Å². The highest BCUT2D eigenvalue weighted by molar-refractivity contribution is 7.15. The Morgan fingerprint density at radius 2 is 1.90 bits per heavy atom. The average molecular weight is 415 g/mol. The number of hydrogen-bond donors (Lipinski definition) is 1. The number of amides is 1. The smallest absolute Gasteiger partial charge is 0.226 e. The molecular weight excluding hydrogens is 399 g/mol. The highest BCUT2D eigenvalue weighted by Crippen LogP contribution is 2.24. The molecule has 4 rings (SSSR count). The Morgan fingerprint density at radius 1 is 1.14 bits per heavy atom. The summed E-state index contributed by atoms with van der Waals surface area (Å²) in [6.07, 6.45) is 1.91. The summed E-state index contributed by atoms with van der Waals surface area (Å²) in [7, 11) is 0. The molecule has 8 heteroatoms. The molecule has 0 fully saturated rings. The molecule has 0 unspecified atom stereocenters. The first kappa shape index (κ1) is 19.2. The summed E-state index contributed by atoms with van der Waals surface area (Å²) in [6.45, 7) is 1.71. The summed E-state index contributed by atoms with van der Waals surface area (Å²) < 4.78 is 41.4. The fourth-order valence-corrected chi connectivity index (χ4v) is 3.91. The molecular formula is C21H16F3N3OS. The Morgan fingerprint density at radius 3 is 2.62 bits per heavy atom. The predicted molar refractivity (Wildman–Crippen MR) is 105 cm³/mol. The van der Waals surface area contributed by atoms with Crippen LogP contribution in [0.5, 0.6) is 0 Å². The zero-order valence-corrected chi connectivity index (χ0v) is 16.1. The van der Waals surface area contributed by atoms with Crippen LogP contribution in [0.4, 0.5) is 13.2 Å². The largest absolute Gasteiger partial charge is 0.349 e. The standard InChI is InChI=1S/C21H16F3N3OS/c1-12(14-4-7-17(23)18(24)8-14)25-20(28)9-16-11-29-21-26-19(10-27(16)21)13-2-5-15(22)6-3-13/h2-8,10-12H,9H2,1H3,(H,25,28)/t12-/m1/s1. The molecule has 148 valence electrons. The maximum atomic E-state index is 13.4. The van der Waals surface area contributed by atoms with E-state index in [0.29, 0.717) is 11.3 Å². The lowest BCUT2D eigenvalue weighted by Crippen LogP contribution is -2.28. The van der Waals surface area contributed by atoms with Crippen molar-refractivity contribution in [2.45, 2.75) is 19.4 Å². The number of nitrogens with one attached hydrogen (secondary N) is 1. The third kappa shape index (κ3) is 4.02. The van der Waals surface area contributed by atoms with Crippen molar-refractivity contribution in [2.24, 2.45) is 0 Å². The topological polar surface area (TPSA) is 46.4 Å². The molecule has 0 saturated heterocycles. The fraction of sp³-hybridized carbons (Fsp3) is 0.143. The minimum Gasteiger partial charge on any atom is -0.349 e. The van der Waals surface area contributed by atoms with E-state index in [1.807, 2.05) is 9.78 Å². The van der Waals surface area contributed by atoms with Gasteiger partial charge in [0.15, 0.2) is 16.6 Å². The summed E-state index contributed by atoms with van der Waals surface area (Å²) in [5.41, 5.74) is 2.70. The van der Waals surface area contributed by atoms with Crippen LogP contribution in [0.15, 0.2) is 54.0 Å². The fourth-order valence-electron chi connectivity index (χ4n) is 3.04. The second-order valence-electron chi connectivity index (χ2n) is 6.65. The molecule has 2 heterocycles. The second kappa shape index (κ2) is 7.71. The van der Waals surface area contributed by atoms with E-state index in [-0.39, 0.29) is 18.1 Å². The van der Waals surface area contributed by atoms with Gasteiger partial charge in [0, 0.05) is 22.8 Å². The molecule has 0 aliphatic rings. The lowest BCUT2D eigenvalue weighted by atomic mass is 10.1. The summed E-state index contributed by atoms with van der Waals surface area (Å²) in [5, 5.41) is 4.64. The minimum absolute atomic E-state index is 0.104. The zero-order valence-electron chi connectivity index (χ0n) is 15.3. The summed E-state index contributed by atoms with van der Waals surface area (Å²) in [4.78, 5) is 17.7. The minimum atomic E-state index is -0.949. The van der Waals surface area contributed by atoms with Gasteiger partial charge in [0.2, 0.25) is 5.91 Å². The number of hydrogen-bond acceptors (Lipinski definition) is 3. The average Bonchev–Trinajstić information content (AvgIpc) is 3.26. The number of rotatable bonds is 5. The van der Waals surface area contributed by atoms with Crippen LogP contribution in [0.25, 0.3) is 16.2 Å². The molecule has 0 bridgehead atoms. The molecule has 4 aromatic rings. The molecule has 0 spiro atoms. The first-order valence-electron chi connectivity index (χ1n) is 8.86. The third-order valence-corrected chi connectivity index (χ3v) is 5.47. The van der Waals surface area contributed by atoms with Crippen LogP contribution >= 0.6 is 11.3 Å². The molecule has 0 aliphatic carbocycles. The van der Waals surface area contributed by atoms with Gasteiger partial charge in [-0.05, 0) is 48.9 Å². The van der Waals surface area contributed by atoms with E-state index in [0.717, 1.165) is 28.4 Å². The van der Waals surface area contributed by atoms with Gasteiger partial charge >= 0.3 is 0 Å². The van der Waals surface area contributed by atoms with Crippen molar-refractivity contribution in [3.05, 3.63) is 82.8 Å². The van der Waals surface area contributed by atoms with Crippen molar-refractivity contribution in [3.63, 3.8) is 0 Å². The SMILES string of the molecule is C[C@@H](NC(=O)Cc1csc2nc(-c3ccc(F)cc3)cn12)c1ccc(F)c(F)c1. The van der Waals surface area contributed by atoms with Crippen molar-refractivity contribution in [2.75, 3.05) is 0 Å². The number of imidazole rings is 1. The van der Waals surface area contributed by atoms with E-state index in [4.69, 9.17) is 0 Å². The van der Waals surface area contributed by atoms with Gasteiger partial charge in [-0.2, -0.15) is 0 Å². The molecule has 1 atom stereocenters. The van der Waals surface area contributed by atoms with E-state index in [2.05, 4.69) is 10.3 Å². The Hall–Kier alpha value is -3.13. The third-order valence-electron chi connectivity index (χ3n) is 4.59. The molecule has 1 N–H and O–H groups in total. The van der Waals surface area contributed by atoms with Crippen LogP contribution in [-0.4, -0.2) is 15.3 Å². The van der Waals surface area contributed by atoms with E-state index in [9.17, 15) is 18.0 Å². The lowest BCUT2D eigenvalue weighted by molar-refractivity contribution is -0.121. The normalized spacial score (nSPS) is 12.3. The van der Waals surface area contributed by atoms with Gasteiger partial charge in [0.1, 0.15) is 5.82 Å². The number of aromatic nitrogens is 2. The molecule has 0 radical (unpaired) electrons. The quantitative estimate of drug-likeness (QED) is 0.504. The maximum absolute atomic E-state index is 13.4. The Bertz CT molecular complexity index is 1180. The van der Waals surface area contributed by atoms with Gasteiger partial charge in [-0.3, -0.25) is 9.20 Å². The van der Waals surface area contributed by atoms with Crippen molar-refractivity contribution in [1.29, 1.82) is 0 Å². The number of carbonyl (C=O) groups excluding carboxylic acids is 1. The molecule has 0 saturated carbocycles. The van der Waals surface area contributed by atoms with Crippen LogP contribution in [0.3, 0.4) is 0 Å². The number of halogens is 3. The van der Waals surface area contributed by atoms with Gasteiger partial charge < -0.3 is 5.32 Å². The number of fused-ring (bicyclic) bond motifs is 1. The summed E-state index contributed by atoms with van der Waals surface area (Å²) >= 11 is 1.40. The van der Waals surface area contributed by atoms with E-state index < -0.39 is 17.7 Å². The van der Waals surface area contributed by atoms with E-state index >= 15 is 0 Å². The number of nitrogens with zero attached hydrogens (tertiary/aromatic N) is 2. The van der Waals surface area contributed by atoms with Crippen molar-refractivity contribution in [1.82, 2.24) is 14.7 Å². The van der Waals surface area contributed by atoms with Gasteiger partial charge in [0.25, 0.3) is 0 Å². The van der Waals surface area contributed by atoms with Crippen molar-refractivity contribution in [3.8, 4) is 11.3 Å². The number of thiazole rings is 1. The Kier molecular flexibility index (Phi) is 5.10. The van der Waals surface area contributed by atoms with Gasteiger partial charge in [-0.25, -0.2) is 18.2 Å². The number of benzene rings is 2. The summed E-state index contributed by atoms with van der Waals surface area (Å²) in [6, 6.07) is 9.13. The van der Waals surface area contributed by atoms with E-state index in [1.165, 1.54) is 29.5 Å². The number of carbonyl (C=O) groups is 1. The lowest BCUT2D eigenvalue weighted by Gasteiger charge is -2.14. The van der Waals surface area contributed by atoms with Gasteiger partial charge in [0.05, 0.1) is 18.2 Å². The molecule has 1 amide bonds. The molecule has 4 nitrogen and oxygen atoms in total. The molecule has 2 aromatic carbocycles. The van der Waals surface area contributed by atoms with Crippen LogP contribution < -0.4 is 5.32 Å². The Balaban J connectivity index is 1.49. The highest BCUT2D eigenvalue weighted by atomic mass is 32.1. The van der Waals surface area contributed by atoms with Crippen molar-refractivity contribution < 1.29 is 18.0 Å². The maximum Gasteiger partial charge on any atom is 0.226 e. The predicted octanol–water partition coefficient (Wildman–Crippen LogP) is 4.90. The Labute approximate surface area is 168 Å². The van der Waals surface area contributed by atoms with Crippen LogP contribution in [0.2, 0.25) is 0 Å². The first-order chi connectivity index (χ1) is 13.9. The first-order valence-corrected chi connectivity index (χ1v) is 9.74. The highest BCUT2D eigenvalue weighted by Gasteiger charge is 2.16. The van der Waals surface area contributed by atoms with Crippen molar-refractivity contribution >= 4 is 22.2 Å². The summed E-state index contributed by atoms with van der Waals surface area (Å²) in [5.74, 6) is -2.44. The molecule has 2 aromatic heterocycles. The van der Waals surface area contributed by atoms with Gasteiger partial charge in [-0.1, -0.05) is 6.07 Å². The monoisotopic (exact) mass is 415 g/mol. The van der Waals surface area contributed by atoms with Crippen LogP contribution in [0, 0.1) is 17.5 Å².